The highest BCUT2D eigenvalue weighted by Gasteiger charge is 2.20. The lowest BCUT2D eigenvalue weighted by Gasteiger charge is -2.35. The molecule has 0 radical (unpaired) electrons. The van der Waals surface area contributed by atoms with Gasteiger partial charge in [-0.15, -0.1) is 0 Å². The van der Waals surface area contributed by atoms with Crippen LogP contribution in [0.1, 0.15) is 11.3 Å². The maximum atomic E-state index is 6.18. The Bertz CT molecular complexity index is 929. The number of aliphatic imine (C=N–C) groups is 1. The molecule has 28 heavy (non-hydrogen) atoms. The predicted octanol–water partition coefficient (Wildman–Crippen LogP) is 2.08. The Labute approximate surface area is 163 Å². The van der Waals surface area contributed by atoms with Crippen LogP contribution in [-0.4, -0.2) is 52.0 Å². The van der Waals surface area contributed by atoms with Crippen molar-refractivity contribution in [2.45, 2.75) is 13.5 Å². The van der Waals surface area contributed by atoms with Crippen LogP contribution in [0.3, 0.4) is 0 Å². The summed E-state index contributed by atoms with van der Waals surface area (Å²) in [5, 5.41) is 0. The van der Waals surface area contributed by atoms with Gasteiger partial charge in [0.1, 0.15) is 12.0 Å². The summed E-state index contributed by atoms with van der Waals surface area (Å²) < 4.78 is 5.58. The van der Waals surface area contributed by atoms with E-state index < -0.39 is 0 Å². The molecule has 8 heteroatoms. The van der Waals surface area contributed by atoms with Gasteiger partial charge in [0, 0.05) is 44.1 Å². The molecule has 0 bridgehead atoms. The zero-order valence-electron chi connectivity index (χ0n) is 15.8. The SMILES string of the molecule is Cc1ccc(-c2nc(CN=C(N)N3CCN(c4ncccn4)CC3)co2)cc1. The van der Waals surface area contributed by atoms with Crippen LogP contribution >= 0.6 is 0 Å². The third-order valence-electron chi connectivity index (χ3n) is 4.69. The minimum atomic E-state index is 0.392. The maximum absolute atomic E-state index is 6.18. The minimum absolute atomic E-state index is 0.392. The molecule has 8 nitrogen and oxygen atoms in total. The lowest BCUT2D eigenvalue weighted by molar-refractivity contribution is 0.378. The summed E-state index contributed by atoms with van der Waals surface area (Å²) in [7, 11) is 0. The van der Waals surface area contributed by atoms with Crippen LogP contribution in [0.25, 0.3) is 11.5 Å². The van der Waals surface area contributed by atoms with Crippen molar-refractivity contribution >= 4 is 11.9 Å². The molecule has 0 spiro atoms. The second-order valence-corrected chi connectivity index (χ2v) is 6.71. The quantitative estimate of drug-likeness (QED) is 0.549. The summed E-state index contributed by atoms with van der Waals surface area (Å²) >= 11 is 0. The number of oxazole rings is 1. The van der Waals surface area contributed by atoms with Crippen molar-refractivity contribution < 1.29 is 4.42 Å². The summed E-state index contributed by atoms with van der Waals surface area (Å²) in [6, 6.07) is 9.89. The van der Waals surface area contributed by atoms with Crippen molar-refractivity contribution in [2.75, 3.05) is 31.1 Å². The van der Waals surface area contributed by atoms with Crippen LogP contribution < -0.4 is 10.6 Å². The molecular weight excluding hydrogens is 354 g/mol. The average molecular weight is 377 g/mol. The van der Waals surface area contributed by atoms with Crippen molar-refractivity contribution in [3.63, 3.8) is 0 Å². The molecule has 144 valence electrons. The van der Waals surface area contributed by atoms with Crippen molar-refractivity contribution in [1.29, 1.82) is 0 Å². The predicted molar refractivity (Wildman–Crippen MR) is 108 cm³/mol. The van der Waals surface area contributed by atoms with E-state index in [9.17, 15) is 0 Å². The number of hydrogen-bond donors (Lipinski definition) is 1. The molecule has 0 aliphatic carbocycles. The molecule has 0 unspecified atom stereocenters. The van der Waals surface area contributed by atoms with E-state index in [0.717, 1.165) is 43.4 Å². The number of nitrogens with zero attached hydrogens (tertiary/aromatic N) is 6. The van der Waals surface area contributed by atoms with Crippen LogP contribution in [0.2, 0.25) is 0 Å². The number of hydrogen-bond acceptors (Lipinski definition) is 6. The monoisotopic (exact) mass is 377 g/mol. The molecule has 1 aliphatic heterocycles. The highest BCUT2D eigenvalue weighted by atomic mass is 16.3. The molecular formula is C20H23N7O. The van der Waals surface area contributed by atoms with Gasteiger partial charge in [-0.25, -0.2) is 19.9 Å². The van der Waals surface area contributed by atoms with E-state index in [1.54, 1.807) is 18.7 Å². The number of anilines is 1. The van der Waals surface area contributed by atoms with Gasteiger partial charge >= 0.3 is 0 Å². The van der Waals surface area contributed by atoms with Crippen molar-refractivity contribution in [1.82, 2.24) is 19.9 Å². The summed E-state index contributed by atoms with van der Waals surface area (Å²) in [6.45, 7) is 5.61. The first-order valence-corrected chi connectivity index (χ1v) is 9.27. The molecule has 1 aliphatic rings. The fourth-order valence-corrected chi connectivity index (χ4v) is 3.06. The first kappa shape index (κ1) is 18.0. The van der Waals surface area contributed by atoms with Crippen LogP contribution in [0.15, 0.2) is 58.4 Å². The van der Waals surface area contributed by atoms with Gasteiger partial charge in [0.15, 0.2) is 5.96 Å². The second kappa shape index (κ2) is 8.08. The van der Waals surface area contributed by atoms with Crippen molar-refractivity contribution in [3.05, 3.63) is 60.2 Å². The molecule has 2 N–H and O–H groups in total. The third kappa shape index (κ3) is 4.11. The minimum Gasteiger partial charge on any atom is -0.444 e. The van der Waals surface area contributed by atoms with E-state index in [2.05, 4.69) is 36.7 Å². The van der Waals surface area contributed by atoms with E-state index in [1.807, 2.05) is 30.3 Å². The van der Waals surface area contributed by atoms with E-state index in [1.165, 1.54) is 5.56 Å². The van der Waals surface area contributed by atoms with Crippen LogP contribution in [0.4, 0.5) is 5.95 Å². The summed E-state index contributed by atoms with van der Waals surface area (Å²) in [5.41, 5.74) is 9.09. The zero-order chi connectivity index (χ0) is 19.3. The topological polar surface area (TPSA) is 96.7 Å². The highest BCUT2D eigenvalue weighted by Crippen LogP contribution is 2.19. The number of aromatic nitrogens is 3. The Kier molecular flexibility index (Phi) is 5.18. The zero-order valence-corrected chi connectivity index (χ0v) is 15.8. The van der Waals surface area contributed by atoms with E-state index in [-0.39, 0.29) is 0 Å². The second-order valence-electron chi connectivity index (χ2n) is 6.71. The van der Waals surface area contributed by atoms with Gasteiger partial charge in [-0.05, 0) is 25.1 Å². The van der Waals surface area contributed by atoms with Gasteiger partial charge < -0.3 is 20.0 Å². The maximum Gasteiger partial charge on any atom is 0.226 e. The molecule has 2 aromatic heterocycles. The van der Waals surface area contributed by atoms with E-state index in [0.29, 0.717) is 18.4 Å². The van der Waals surface area contributed by atoms with Gasteiger partial charge in [-0.2, -0.15) is 0 Å². The number of benzene rings is 1. The molecule has 1 fully saturated rings. The molecule has 1 aromatic carbocycles. The Morgan fingerprint density at radius 2 is 1.82 bits per heavy atom. The summed E-state index contributed by atoms with van der Waals surface area (Å²) in [5.74, 6) is 1.87. The molecule has 0 atom stereocenters. The normalized spacial score (nSPS) is 15.1. The summed E-state index contributed by atoms with van der Waals surface area (Å²) in [6.07, 6.45) is 5.15. The van der Waals surface area contributed by atoms with Gasteiger partial charge in [0.2, 0.25) is 11.8 Å². The van der Waals surface area contributed by atoms with Crippen LogP contribution in [0, 0.1) is 6.92 Å². The number of rotatable bonds is 4. The largest absolute Gasteiger partial charge is 0.444 e. The van der Waals surface area contributed by atoms with Gasteiger partial charge in [-0.1, -0.05) is 17.7 Å². The molecule has 3 aromatic rings. The molecule has 0 amide bonds. The standard InChI is InChI=1S/C20H23N7O/c1-15-3-5-16(6-4-15)18-25-17(14-28-18)13-24-19(21)26-9-11-27(12-10-26)20-22-7-2-8-23-20/h2-8,14H,9-13H2,1H3,(H2,21,24). The Morgan fingerprint density at radius 1 is 1.11 bits per heavy atom. The number of aryl methyl sites for hydroxylation is 1. The van der Waals surface area contributed by atoms with E-state index in [4.69, 9.17) is 10.2 Å². The van der Waals surface area contributed by atoms with Crippen molar-refractivity contribution in [2.24, 2.45) is 10.7 Å². The smallest absolute Gasteiger partial charge is 0.226 e. The first-order chi connectivity index (χ1) is 13.7. The lowest BCUT2D eigenvalue weighted by atomic mass is 10.1. The fourth-order valence-electron chi connectivity index (χ4n) is 3.06. The van der Waals surface area contributed by atoms with Crippen LogP contribution in [0.5, 0.6) is 0 Å². The molecule has 1 saturated heterocycles. The number of nitrogens with two attached hydrogens (primary N) is 1. The number of piperazine rings is 1. The van der Waals surface area contributed by atoms with Gasteiger partial charge in [0.05, 0.1) is 6.54 Å². The molecule has 0 saturated carbocycles. The van der Waals surface area contributed by atoms with Crippen molar-refractivity contribution in [3.8, 4) is 11.5 Å². The molecule has 4 rings (SSSR count). The average Bonchev–Trinajstić information content (AvgIpc) is 3.22. The Balaban J connectivity index is 1.33. The van der Waals surface area contributed by atoms with Gasteiger partial charge in [-0.3, -0.25) is 0 Å². The highest BCUT2D eigenvalue weighted by molar-refractivity contribution is 5.78. The lowest BCUT2D eigenvalue weighted by Crippen LogP contribution is -2.51. The van der Waals surface area contributed by atoms with Crippen LogP contribution in [-0.2, 0) is 6.54 Å². The molecule has 3 heterocycles. The third-order valence-corrected chi connectivity index (χ3v) is 4.69. The van der Waals surface area contributed by atoms with Gasteiger partial charge in [0.25, 0.3) is 0 Å². The number of guanidine groups is 1. The summed E-state index contributed by atoms with van der Waals surface area (Å²) in [4.78, 5) is 21.8. The Hall–Kier alpha value is -3.42. The van der Waals surface area contributed by atoms with E-state index >= 15 is 0 Å². The fraction of sp³-hybridized carbons (Fsp3) is 0.300. The Morgan fingerprint density at radius 3 is 2.54 bits per heavy atom. The first-order valence-electron chi connectivity index (χ1n) is 9.27.